The molecule has 0 atom stereocenters. The lowest BCUT2D eigenvalue weighted by Crippen LogP contribution is -2.14. The van der Waals surface area contributed by atoms with Gasteiger partial charge in [0.25, 0.3) is 5.95 Å². The molecule has 0 bridgehead atoms. The topological polar surface area (TPSA) is 81.9 Å². The van der Waals surface area contributed by atoms with Crippen LogP contribution in [0.25, 0.3) is 22.1 Å². The van der Waals surface area contributed by atoms with E-state index in [1.54, 1.807) is 6.92 Å². The molecular formula is C20H19N5O2. The normalized spacial score (nSPS) is 11.0. The maximum Gasteiger partial charge on any atom is 0.251 e. The summed E-state index contributed by atoms with van der Waals surface area (Å²) >= 11 is 0. The van der Waals surface area contributed by atoms with Crippen molar-refractivity contribution in [3.05, 3.63) is 54.6 Å². The van der Waals surface area contributed by atoms with E-state index in [2.05, 4.69) is 20.5 Å². The summed E-state index contributed by atoms with van der Waals surface area (Å²) in [6.07, 6.45) is 0.356. The quantitative estimate of drug-likeness (QED) is 0.569. The van der Waals surface area contributed by atoms with Crippen LogP contribution in [0.1, 0.15) is 13.3 Å². The second-order valence-corrected chi connectivity index (χ2v) is 6.04. The SMILES string of the molecule is CCC(=O)Nc1nnc2c3ccccc3n(CCOc3ccccc3)c2n1. The first-order valence-corrected chi connectivity index (χ1v) is 8.85. The summed E-state index contributed by atoms with van der Waals surface area (Å²) in [6.45, 7) is 2.86. The van der Waals surface area contributed by atoms with Crippen LogP contribution in [0.4, 0.5) is 5.95 Å². The van der Waals surface area contributed by atoms with E-state index >= 15 is 0 Å². The average molecular weight is 361 g/mol. The zero-order valence-corrected chi connectivity index (χ0v) is 14.9. The van der Waals surface area contributed by atoms with Crippen molar-refractivity contribution >= 4 is 33.9 Å². The molecule has 1 N–H and O–H groups in total. The molecule has 7 heteroatoms. The molecule has 27 heavy (non-hydrogen) atoms. The van der Waals surface area contributed by atoms with Crippen LogP contribution in [-0.4, -0.2) is 32.3 Å². The number of nitrogens with zero attached hydrogens (tertiary/aromatic N) is 4. The number of amides is 1. The highest BCUT2D eigenvalue weighted by molar-refractivity contribution is 6.04. The van der Waals surface area contributed by atoms with Crippen LogP contribution in [0.2, 0.25) is 0 Å². The third-order valence-electron chi connectivity index (χ3n) is 4.27. The molecule has 0 aliphatic rings. The Hall–Kier alpha value is -3.48. The van der Waals surface area contributed by atoms with Crippen molar-refractivity contribution < 1.29 is 9.53 Å². The van der Waals surface area contributed by atoms with E-state index in [0.717, 1.165) is 16.7 Å². The van der Waals surface area contributed by atoms with Crippen molar-refractivity contribution in [1.82, 2.24) is 19.7 Å². The number of ether oxygens (including phenoxy) is 1. The molecule has 4 aromatic rings. The lowest BCUT2D eigenvalue weighted by molar-refractivity contribution is -0.115. The number of anilines is 1. The molecule has 4 rings (SSSR count). The second-order valence-electron chi connectivity index (χ2n) is 6.04. The molecule has 136 valence electrons. The van der Waals surface area contributed by atoms with Crippen molar-refractivity contribution in [2.75, 3.05) is 11.9 Å². The highest BCUT2D eigenvalue weighted by Gasteiger charge is 2.15. The third kappa shape index (κ3) is 3.44. The Bertz CT molecular complexity index is 1090. The summed E-state index contributed by atoms with van der Waals surface area (Å²) in [7, 11) is 0. The minimum Gasteiger partial charge on any atom is -0.492 e. The Morgan fingerprint density at radius 3 is 2.67 bits per heavy atom. The van der Waals surface area contributed by atoms with E-state index in [9.17, 15) is 4.79 Å². The fourth-order valence-electron chi connectivity index (χ4n) is 2.97. The molecule has 2 aromatic heterocycles. The molecular weight excluding hydrogens is 342 g/mol. The van der Waals surface area contributed by atoms with Crippen molar-refractivity contribution in [2.45, 2.75) is 19.9 Å². The van der Waals surface area contributed by atoms with Crippen molar-refractivity contribution in [2.24, 2.45) is 0 Å². The first-order valence-electron chi connectivity index (χ1n) is 8.85. The van der Waals surface area contributed by atoms with Crippen molar-refractivity contribution in [1.29, 1.82) is 0 Å². The van der Waals surface area contributed by atoms with E-state index < -0.39 is 0 Å². The fourth-order valence-corrected chi connectivity index (χ4v) is 2.97. The fraction of sp³-hybridized carbons (Fsp3) is 0.200. The lowest BCUT2D eigenvalue weighted by atomic mass is 10.2. The van der Waals surface area contributed by atoms with Crippen LogP contribution in [0.3, 0.4) is 0 Å². The van der Waals surface area contributed by atoms with Gasteiger partial charge in [0, 0.05) is 11.8 Å². The lowest BCUT2D eigenvalue weighted by Gasteiger charge is -2.09. The summed E-state index contributed by atoms with van der Waals surface area (Å²) in [6, 6.07) is 17.6. The van der Waals surface area contributed by atoms with E-state index in [0.29, 0.717) is 30.7 Å². The minimum absolute atomic E-state index is 0.147. The second kappa shape index (κ2) is 7.41. The van der Waals surface area contributed by atoms with Gasteiger partial charge in [0.2, 0.25) is 5.91 Å². The van der Waals surface area contributed by atoms with Gasteiger partial charge in [-0.05, 0) is 18.2 Å². The van der Waals surface area contributed by atoms with E-state index in [1.807, 2.05) is 59.2 Å². The summed E-state index contributed by atoms with van der Waals surface area (Å²) in [4.78, 5) is 16.2. The molecule has 0 spiro atoms. The van der Waals surface area contributed by atoms with Crippen molar-refractivity contribution in [3.8, 4) is 5.75 Å². The maximum absolute atomic E-state index is 11.7. The van der Waals surface area contributed by atoms with E-state index in [4.69, 9.17) is 4.74 Å². The minimum atomic E-state index is -0.147. The van der Waals surface area contributed by atoms with Gasteiger partial charge in [-0.1, -0.05) is 43.3 Å². The summed E-state index contributed by atoms with van der Waals surface area (Å²) in [5.41, 5.74) is 2.39. The Morgan fingerprint density at radius 2 is 1.85 bits per heavy atom. The van der Waals surface area contributed by atoms with Crippen LogP contribution in [0.15, 0.2) is 54.6 Å². The van der Waals surface area contributed by atoms with Gasteiger partial charge in [0.05, 0.1) is 12.1 Å². The summed E-state index contributed by atoms with van der Waals surface area (Å²) in [5, 5.41) is 12.0. The van der Waals surface area contributed by atoms with Gasteiger partial charge < -0.3 is 9.30 Å². The number of nitrogens with one attached hydrogen (secondary N) is 1. The van der Waals surface area contributed by atoms with Gasteiger partial charge in [-0.15, -0.1) is 10.2 Å². The van der Waals surface area contributed by atoms with Crippen LogP contribution < -0.4 is 10.1 Å². The molecule has 0 aliphatic heterocycles. The Balaban J connectivity index is 1.69. The van der Waals surface area contributed by atoms with Crippen LogP contribution in [0.5, 0.6) is 5.75 Å². The molecule has 0 fully saturated rings. The van der Waals surface area contributed by atoms with Gasteiger partial charge in [0.15, 0.2) is 5.65 Å². The molecule has 0 saturated carbocycles. The predicted molar refractivity (Wildman–Crippen MR) is 104 cm³/mol. The van der Waals surface area contributed by atoms with Gasteiger partial charge in [-0.2, -0.15) is 4.98 Å². The molecule has 0 unspecified atom stereocenters. The molecule has 0 aliphatic carbocycles. The highest BCUT2D eigenvalue weighted by Crippen LogP contribution is 2.26. The van der Waals surface area contributed by atoms with Gasteiger partial charge in [0.1, 0.15) is 17.9 Å². The van der Waals surface area contributed by atoms with Gasteiger partial charge >= 0.3 is 0 Å². The summed E-state index contributed by atoms with van der Waals surface area (Å²) in [5.74, 6) is 0.885. The standard InChI is InChI=1S/C20H19N5O2/c1-2-17(26)21-20-22-19-18(23-24-20)15-10-6-7-11-16(15)25(19)12-13-27-14-8-4-3-5-9-14/h3-11H,2,12-13H2,1H3,(H,21,22,24,26). The number of hydrogen-bond donors (Lipinski definition) is 1. The number of aromatic nitrogens is 4. The van der Waals surface area contributed by atoms with Gasteiger partial charge in [-0.25, -0.2) is 0 Å². The van der Waals surface area contributed by atoms with Crippen molar-refractivity contribution in [3.63, 3.8) is 0 Å². The zero-order valence-electron chi connectivity index (χ0n) is 14.9. The number of fused-ring (bicyclic) bond motifs is 3. The number of hydrogen-bond acceptors (Lipinski definition) is 5. The average Bonchev–Trinajstić information content (AvgIpc) is 3.02. The van der Waals surface area contributed by atoms with Gasteiger partial charge in [-0.3, -0.25) is 10.1 Å². The van der Waals surface area contributed by atoms with Crippen LogP contribution >= 0.6 is 0 Å². The Morgan fingerprint density at radius 1 is 1.07 bits per heavy atom. The molecule has 7 nitrogen and oxygen atoms in total. The molecule has 0 saturated heterocycles. The molecule has 2 heterocycles. The van der Waals surface area contributed by atoms with Crippen LogP contribution in [0, 0.1) is 0 Å². The first kappa shape index (κ1) is 17.0. The molecule has 2 aromatic carbocycles. The number of carbonyl (C=O) groups is 1. The third-order valence-corrected chi connectivity index (χ3v) is 4.27. The van der Waals surface area contributed by atoms with Crippen LogP contribution in [-0.2, 0) is 11.3 Å². The molecule has 1 amide bonds. The number of rotatable bonds is 6. The summed E-state index contributed by atoms with van der Waals surface area (Å²) < 4.78 is 7.88. The Kier molecular flexibility index (Phi) is 4.65. The predicted octanol–water partition coefficient (Wildman–Crippen LogP) is 3.41. The largest absolute Gasteiger partial charge is 0.492 e. The number of benzene rings is 2. The zero-order chi connectivity index (χ0) is 18.6. The Labute approximate surface area is 156 Å². The van der Waals surface area contributed by atoms with E-state index in [-0.39, 0.29) is 11.9 Å². The molecule has 0 radical (unpaired) electrons. The maximum atomic E-state index is 11.7. The monoisotopic (exact) mass is 361 g/mol. The smallest absolute Gasteiger partial charge is 0.251 e. The highest BCUT2D eigenvalue weighted by atomic mass is 16.5. The number of carbonyl (C=O) groups excluding carboxylic acids is 1. The van der Waals surface area contributed by atoms with E-state index in [1.165, 1.54) is 0 Å². The first-order chi connectivity index (χ1) is 13.3. The number of para-hydroxylation sites is 2.